The first kappa shape index (κ1) is 20.7. The smallest absolute Gasteiger partial charge is 0.146 e. The first-order valence-corrected chi connectivity index (χ1v) is 12.4. The molecule has 1 unspecified atom stereocenters. The van der Waals surface area contributed by atoms with E-state index in [0.717, 1.165) is 63.7 Å². The first-order chi connectivity index (χ1) is 14.7. The van der Waals surface area contributed by atoms with Gasteiger partial charge in [-0.2, -0.15) is 0 Å². The molecule has 0 aromatic carbocycles. The molecule has 1 N–H and O–H groups in total. The van der Waals surface area contributed by atoms with E-state index in [2.05, 4.69) is 34.1 Å². The zero-order valence-electron chi connectivity index (χ0n) is 18.3. The third-order valence-electron chi connectivity index (χ3n) is 8.63. The Morgan fingerprint density at radius 1 is 1.00 bits per heavy atom. The van der Waals surface area contributed by atoms with Crippen molar-refractivity contribution in [3.8, 4) is 0 Å². The van der Waals surface area contributed by atoms with E-state index < -0.39 is 5.60 Å². The highest BCUT2D eigenvalue weighted by molar-refractivity contribution is 5.76. The van der Waals surface area contributed by atoms with E-state index in [0.29, 0.717) is 18.4 Å². The maximum Gasteiger partial charge on any atom is 0.146 e. The van der Waals surface area contributed by atoms with Crippen LogP contribution in [0.4, 0.5) is 0 Å². The maximum absolute atomic E-state index is 12.2. The molecule has 5 aliphatic rings. The summed E-state index contributed by atoms with van der Waals surface area (Å²) in [5.74, 6) is 0.291. The highest BCUT2D eigenvalue weighted by Gasteiger charge is 2.65. The Labute approximate surface area is 181 Å². The standard InChI is InChI=1S/C26H38N2O2/c29-19-21-17-26(30)13-8-4-1-2-5-9-14-27-16-12-23(21)25(20-27)18-22-11-7-3-6-10-15-28(22)24(25)26/h1,4,7,11,17,19,22-24,30H,2-3,5-6,8-10,12-16,18,20H2/b4-1?,11-7-/t22-,23-,24+,25-,26-/m0/s1. The van der Waals surface area contributed by atoms with E-state index in [9.17, 15) is 9.90 Å². The van der Waals surface area contributed by atoms with E-state index in [-0.39, 0.29) is 11.5 Å². The van der Waals surface area contributed by atoms with Gasteiger partial charge in [-0.25, -0.2) is 0 Å². The van der Waals surface area contributed by atoms with Crippen molar-refractivity contribution < 1.29 is 9.90 Å². The average molecular weight is 411 g/mol. The van der Waals surface area contributed by atoms with Crippen molar-refractivity contribution >= 4 is 6.29 Å². The van der Waals surface area contributed by atoms with Crippen LogP contribution in [0.2, 0.25) is 0 Å². The highest BCUT2D eigenvalue weighted by atomic mass is 16.3. The van der Waals surface area contributed by atoms with Gasteiger partial charge in [-0.3, -0.25) is 9.69 Å². The normalized spacial score (nSPS) is 45.6. The van der Waals surface area contributed by atoms with Gasteiger partial charge >= 0.3 is 0 Å². The summed E-state index contributed by atoms with van der Waals surface area (Å²) in [4.78, 5) is 17.5. The fourth-order valence-electron chi connectivity index (χ4n) is 7.53. The second-order valence-electron chi connectivity index (χ2n) is 10.4. The predicted molar refractivity (Wildman–Crippen MR) is 120 cm³/mol. The minimum absolute atomic E-state index is 0.0187. The molecule has 0 radical (unpaired) electrons. The van der Waals surface area contributed by atoms with Gasteiger partial charge in [-0.15, -0.1) is 0 Å². The summed E-state index contributed by atoms with van der Waals surface area (Å²) < 4.78 is 0. The summed E-state index contributed by atoms with van der Waals surface area (Å²) in [5.41, 5.74) is -0.0582. The Hall–Kier alpha value is -1.23. The van der Waals surface area contributed by atoms with Crippen molar-refractivity contribution in [3.63, 3.8) is 0 Å². The molecule has 6 atom stereocenters. The number of hydrogen-bond donors (Lipinski definition) is 1. The lowest BCUT2D eigenvalue weighted by Gasteiger charge is -2.57. The second kappa shape index (κ2) is 8.37. The molecule has 4 nitrogen and oxygen atoms in total. The summed E-state index contributed by atoms with van der Waals surface area (Å²) in [7, 11) is 0. The third-order valence-corrected chi connectivity index (χ3v) is 8.63. The Morgan fingerprint density at radius 3 is 2.67 bits per heavy atom. The number of allylic oxidation sites excluding steroid dienone is 4. The maximum atomic E-state index is 12.2. The Morgan fingerprint density at radius 2 is 1.80 bits per heavy atom. The summed E-state index contributed by atoms with van der Waals surface area (Å²) in [6, 6.07) is 0.510. The Kier molecular flexibility index (Phi) is 5.76. The van der Waals surface area contributed by atoms with Crippen LogP contribution in [0.15, 0.2) is 36.0 Å². The molecular weight excluding hydrogens is 372 g/mol. The van der Waals surface area contributed by atoms with E-state index in [4.69, 9.17) is 0 Å². The lowest BCUT2D eigenvalue weighted by molar-refractivity contribution is -0.114. The molecule has 0 saturated carbocycles. The summed E-state index contributed by atoms with van der Waals surface area (Å²) >= 11 is 0. The number of piperidine rings is 1. The number of nitrogens with zero attached hydrogens (tertiary/aromatic N) is 2. The molecule has 164 valence electrons. The van der Waals surface area contributed by atoms with Crippen LogP contribution >= 0.6 is 0 Å². The second-order valence-corrected chi connectivity index (χ2v) is 10.4. The lowest BCUT2D eigenvalue weighted by Crippen LogP contribution is -2.66. The van der Waals surface area contributed by atoms with Crippen LogP contribution in [0.5, 0.6) is 0 Å². The number of fused-ring (bicyclic) bond motifs is 2. The van der Waals surface area contributed by atoms with Gasteiger partial charge in [-0.05, 0) is 101 Å². The highest BCUT2D eigenvalue weighted by Crippen LogP contribution is 2.59. The van der Waals surface area contributed by atoms with Gasteiger partial charge < -0.3 is 10.0 Å². The summed E-state index contributed by atoms with van der Waals surface area (Å²) in [6.07, 6.45) is 23.4. The van der Waals surface area contributed by atoms with Gasteiger partial charge in [0.05, 0.1) is 11.6 Å². The van der Waals surface area contributed by atoms with Gasteiger partial charge in [-0.1, -0.05) is 24.3 Å². The first-order valence-electron chi connectivity index (χ1n) is 12.4. The molecule has 30 heavy (non-hydrogen) atoms. The van der Waals surface area contributed by atoms with Gasteiger partial charge in [0.2, 0.25) is 0 Å². The molecular formula is C26H38N2O2. The third kappa shape index (κ3) is 3.45. The molecule has 3 bridgehead atoms. The number of carbonyl (C=O) groups is 1. The minimum Gasteiger partial charge on any atom is -0.384 e. The quantitative estimate of drug-likeness (QED) is 0.526. The fraction of sp³-hybridized carbons (Fsp3) is 0.731. The average Bonchev–Trinajstić information content (AvgIpc) is 3.01. The molecule has 4 heteroatoms. The molecule has 1 aliphatic carbocycles. The lowest BCUT2D eigenvalue weighted by atomic mass is 9.55. The topological polar surface area (TPSA) is 43.8 Å². The van der Waals surface area contributed by atoms with Crippen molar-refractivity contribution in [2.75, 3.05) is 26.2 Å². The molecule has 5 rings (SSSR count). The van der Waals surface area contributed by atoms with Crippen LogP contribution in [0.3, 0.4) is 0 Å². The summed E-state index contributed by atoms with van der Waals surface area (Å²) in [5, 5.41) is 12.2. The van der Waals surface area contributed by atoms with E-state index >= 15 is 0 Å². The van der Waals surface area contributed by atoms with Crippen molar-refractivity contribution in [1.82, 2.24) is 9.80 Å². The molecule has 1 spiro atoms. The number of aldehydes is 1. The van der Waals surface area contributed by atoms with Crippen LogP contribution in [-0.2, 0) is 4.79 Å². The molecule has 2 saturated heterocycles. The van der Waals surface area contributed by atoms with Gasteiger partial charge in [0, 0.05) is 18.0 Å². The zero-order valence-corrected chi connectivity index (χ0v) is 18.3. The molecule has 0 aromatic heterocycles. The molecule has 0 amide bonds. The van der Waals surface area contributed by atoms with E-state index in [1.807, 2.05) is 6.08 Å². The Balaban J connectivity index is 1.63. The van der Waals surface area contributed by atoms with Gasteiger partial charge in [0.1, 0.15) is 6.29 Å². The molecule has 0 aromatic rings. The van der Waals surface area contributed by atoms with Crippen molar-refractivity contribution in [2.24, 2.45) is 11.3 Å². The number of carbonyl (C=O) groups excluding carboxylic acids is 1. The summed E-state index contributed by atoms with van der Waals surface area (Å²) in [6.45, 7) is 4.33. The van der Waals surface area contributed by atoms with Crippen molar-refractivity contribution in [1.29, 1.82) is 0 Å². The van der Waals surface area contributed by atoms with E-state index in [1.165, 1.54) is 32.1 Å². The molecule has 4 heterocycles. The largest absolute Gasteiger partial charge is 0.384 e. The number of rotatable bonds is 1. The van der Waals surface area contributed by atoms with E-state index in [1.54, 1.807) is 0 Å². The van der Waals surface area contributed by atoms with Crippen molar-refractivity contribution in [2.45, 2.75) is 81.9 Å². The Bertz CT molecular complexity index is 743. The van der Waals surface area contributed by atoms with Crippen LogP contribution in [-0.4, -0.2) is 65.1 Å². The van der Waals surface area contributed by atoms with Gasteiger partial charge in [0.15, 0.2) is 0 Å². The number of aliphatic hydroxyl groups is 1. The van der Waals surface area contributed by atoms with Crippen LogP contribution in [0.25, 0.3) is 0 Å². The fourth-order valence-corrected chi connectivity index (χ4v) is 7.53. The van der Waals surface area contributed by atoms with Gasteiger partial charge in [0.25, 0.3) is 0 Å². The number of hydrogen-bond acceptors (Lipinski definition) is 4. The zero-order chi connectivity index (χ0) is 20.6. The molecule has 2 fully saturated rings. The van der Waals surface area contributed by atoms with Crippen LogP contribution < -0.4 is 0 Å². The SMILES string of the molecule is O=CC1=C[C@@]2(O)CCC=CCCCCN3CC[C@@H]1[C@]1(C[C@@H]4/C=C\CCCCN4[C@H]12)C3. The monoisotopic (exact) mass is 410 g/mol. The molecule has 4 aliphatic heterocycles. The van der Waals surface area contributed by atoms with Crippen LogP contribution in [0, 0.1) is 11.3 Å². The van der Waals surface area contributed by atoms with Crippen molar-refractivity contribution in [3.05, 3.63) is 36.0 Å². The minimum atomic E-state index is -0.921. The van der Waals surface area contributed by atoms with Crippen LogP contribution in [0.1, 0.15) is 64.2 Å². The predicted octanol–water partition coefficient (Wildman–Crippen LogP) is 3.87.